The van der Waals surface area contributed by atoms with Gasteiger partial charge in [0.1, 0.15) is 0 Å². The minimum absolute atomic E-state index is 0.106. The molecule has 0 aliphatic heterocycles. The standard InChI is InChI=1S/C35H54O7/c1-13-37-25(5)41-23(3)31-19-27(21-39-34(7,8)9)15-17-29(31)33(36)30-18-16-28(22-40-35(10,11)12)20-32(30)24(4)42-26(6)38-14-2/h15-20,23-26H,13-14,21-22H2,1-12H3/t23-,24-,25?,26?/m0/s1. The molecular weight excluding hydrogens is 532 g/mol. The van der Waals surface area contributed by atoms with E-state index in [1.54, 1.807) is 0 Å². The van der Waals surface area contributed by atoms with Crippen LogP contribution in [0, 0.1) is 0 Å². The minimum Gasteiger partial charge on any atom is -0.371 e. The van der Waals surface area contributed by atoms with Gasteiger partial charge >= 0.3 is 0 Å². The van der Waals surface area contributed by atoms with E-state index in [0.29, 0.717) is 37.6 Å². The number of hydrogen-bond donors (Lipinski definition) is 0. The van der Waals surface area contributed by atoms with Gasteiger partial charge in [0.05, 0.1) is 36.6 Å². The second-order valence-corrected chi connectivity index (χ2v) is 12.6. The van der Waals surface area contributed by atoms with Crippen molar-refractivity contribution >= 4 is 5.78 Å². The molecule has 2 rings (SSSR count). The van der Waals surface area contributed by atoms with Crippen LogP contribution in [0.3, 0.4) is 0 Å². The van der Waals surface area contributed by atoms with E-state index in [-0.39, 0.29) is 17.0 Å². The maximum absolute atomic E-state index is 14.3. The van der Waals surface area contributed by atoms with Gasteiger partial charge in [-0.1, -0.05) is 36.4 Å². The van der Waals surface area contributed by atoms with E-state index in [1.165, 1.54) is 0 Å². The van der Waals surface area contributed by atoms with Gasteiger partial charge in [-0.05, 0) is 105 Å². The summed E-state index contributed by atoms with van der Waals surface area (Å²) in [7, 11) is 0. The topological polar surface area (TPSA) is 72.5 Å². The molecule has 0 saturated carbocycles. The van der Waals surface area contributed by atoms with Crippen LogP contribution >= 0.6 is 0 Å². The van der Waals surface area contributed by atoms with Crippen LogP contribution in [0.4, 0.5) is 0 Å². The second-order valence-electron chi connectivity index (χ2n) is 12.6. The monoisotopic (exact) mass is 586 g/mol. The van der Waals surface area contributed by atoms with Gasteiger partial charge in [-0.15, -0.1) is 0 Å². The third kappa shape index (κ3) is 11.9. The van der Waals surface area contributed by atoms with Crippen LogP contribution in [-0.4, -0.2) is 42.8 Å². The van der Waals surface area contributed by atoms with Gasteiger partial charge < -0.3 is 28.4 Å². The summed E-state index contributed by atoms with van der Waals surface area (Å²) in [5.41, 5.74) is 4.05. The van der Waals surface area contributed by atoms with Crippen molar-refractivity contribution in [3.8, 4) is 0 Å². The van der Waals surface area contributed by atoms with Crippen molar-refractivity contribution in [2.75, 3.05) is 13.2 Å². The maximum atomic E-state index is 14.3. The first kappa shape index (κ1) is 36.1. The molecule has 0 amide bonds. The van der Waals surface area contributed by atoms with Crippen LogP contribution in [0.2, 0.25) is 0 Å². The molecule has 2 aromatic carbocycles. The number of ketones is 1. The fourth-order valence-corrected chi connectivity index (χ4v) is 4.50. The lowest BCUT2D eigenvalue weighted by Gasteiger charge is -2.25. The Labute approximate surface area is 254 Å². The zero-order chi connectivity index (χ0) is 31.7. The molecule has 0 N–H and O–H groups in total. The third-order valence-corrected chi connectivity index (χ3v) is 6.54. The third-order valence-electron chi connectivity index (χ3n) is 6.54. The Hall–Kier alpha value is -2.13. The predicted molar refractivity (Wildman–Crippen MR) is 167 cm³/mol. The molecule has 0 aliphatic rings. The summed E-state index contributed by atoms with van der Waals surface area (Å²) in [6.07, 6.45) is -1.63. The molecular formula is C35H54O7. The van der Waals surface area contributed by atoms with Gasteiger partial charge in [0, 0.05) is 24.3 Å². The lowest BCUT2D eigenvalue weighted by Crippen LogP contribution is -2.21. The molecule has 0 aromatic heterocycles. The second kappa shape index (κ2) is 16.1. The highest BCUT2D eigenvalue weighted by Gasteiger charge is 2.25. The number of ether oxygens (including phenoxy) is 6. The number of carbonyl (C=O) groups excluding carboxylic acids is 1. The molecule has 0 fully saturated rings. The lowest BCUT2D eigenvalue weighted by atomic mass is 9.89. The highest BCUT2D eigenvalue weighted by Crippen LogP contribution is 2.31. The van der Waals surface area contributed by atoms with Crippen LogP contribution in [0.5, 0.6) is 0 Å². The molecule has 4 atom stereocenters. The van der Waals surface area contributed by atoms with Crippen LogP contribution in [0.1, 0.15) is 133 Å². The van der Waals surface area contributed by atoms with E-state index in [0.717, 1.165) is 22.3 Å². The number of benzene rings is 2. The SMILES string of the molecule is CCOC(C)O[C@@H](C)c1cc(COC(C)(C)C)ccc1C(=O)c1ccc(COC(C)(C)C)cc1[C@H](C)OC(C)OCC. The lowest BCUT2D eigenvalue weighted by molar-refractivity contribution is -0.154. The molecule has 0 bridgehead atoms. The number of hydrogen-bond acceptors (Lipinski definition) is 7. The largest absolute Gasteiger partial charge is 0.371 e. The van der Waals surface area contributed by atoms with Crippen molar-refractivity contribution in [3.63, 3.8) is 0 Å². The van der Waals surface area contributed by atoms with E-state index >= 15 is 0 Å². The molecule has 0 spiro atoms. The highest BCUT2D eigenvalue weighted by molar-refractivity contribution is 6.11. The van der Waals surface area contributed by atoms with Gasteiger partial charge in [-0.25, -0.2) is 0 Å². The van der Waals surface area contributed by atoms with Crippen LogP contribution in [-0.2, 0) is 41.6 Å². The van der Waals surface area contributed by atoms with Gasteiger partial charge in [-0.3, -0.25) is 4.79 Å². The van der Waals surface area contributed by atoms with Crippen LogP contribution < -0.4 is 0 Å². The predicted octanol–water partition coefficient (Wildman–Crippen LogP) is 8.47. The average Bonchev–Trinajstić information content (AvgIpc) is 2.89. The molecule has 0 radical (unpaired) electrons. The average molecular weight is 587 g/mol. The van der Waals surface area contributed by atoms with E-state index in [9.17, 15) is 4.79 Å². The Morgan fingerprint density at radius 2 is 1.00 bits per heavy atom. The van der Waals surface area contributed by atoms with E-state index in [1.807, 2.05) is 119 Å². The van der Waals surface area contributed by atoms with Crippen LogP contribution in [0.15, 0.2) is 36.4 Å². The highest BCUT2D eigenvalue weighted by atomic mass is 16.7. The molecule has 0 heterocycles. The summed E-state index contributed by atoms with van der Waals surface area (Å²) in [4.78, 5) is 14.3. The van der Waals surface area contributed by atoms with Crippen LogP contribution in [0.25, 0.3) is 0 Å². The van der Waals surface area contributed by atoms with Gasteiger partial charge in [0.15, 0.2) is 18.4 Å². The molecule has 2 unspecified atom stereocenters. The first-order valence-corrected chi connectivity index (χ1v) is 15.2. The fourth-order valence-electron chi connectivity index (χ4n) is 4.50. The molecule has 7 nitrogen and oxygen atoms in total. The molecule has 236 valence electrons. The van der Waals surface area contributed by atoms with Gasteiger partial charge in [0.2, 0.25) is 0 Å². The minimum atomic E-state index is -0.423. The molecule has 42 heavy (non-hydrogen) atoms. The first-order valence-electron chi connectivity index (χ1n) is 15.2. The normalized spacial score (nSPS) is 15.3. The summed E-state index contributed by atoms with van der Waals surface area (Å²) < 4.78 is 35.7. The Bertz CT molecular complexity index is 1040. The van der Waals surface area contributed by atoms with Crippen molar-refractivity contribution < 1.29 is 33.2 Å². The van der Waals surface area contributed by atoms with Crippen molar-refractivity contribution in [2.45, 2.75) is 132 Å². The Kier molecular flexibility index (Phi) is 13.8. The van der Waals surface area contributed by atoms with Crippen molar-refractivity contribution in [1.82, 2.24) is 0 Å². The van der Waals surface area contributed by atoms with E-state index < -0.39 is 24.8 Å². The summed E-state index contributed by atoms with van der Waals surface area (Å²) in [6.45, 7) is 25.5. The maximum Gasteiger partial charge on any atom is 0.193 e. The van der Waals surface area contributed by atoms with E-state index in [4.69, 9.17) is 28.4 Å². The molecule has 0 saturated heterocycles. The van der Waals surface area contributed by atoms with Crippen molar-refractivity contribution in [1.29, 1.82) is 0 Å². The Morgan fingerprint density at radius 1 is 0.643 bits per heavy atom. The molecule has 0 aliphatic carbocycles. The summed E-state index contributed by atoms with van der Waals surface area (Å²) >= 11 is 0. The van der Waals surface area contributed by atoms with Gasteiger partial charge in [-0.2, -0.15) is 0 Å². The fraction of sp³-hybridized carbons (Fsp3) is 0.629. The Morgan fingerprint density at radius 3 is 1.31 bits per heavy atom. The summed E-state index contributed by atoms with van der Waals surface area (Å²) in [5.74, 6) is -0.106. The Balaban J connectivity index is 2.57. The summed E-state index contributed by atoms with van der Waals surface area (Å²) in [5, 5.41) is 0. The molecule has 7 heteroatoms. The van der Waals surface area contributed by atoms with Crippen molar-refractivity contribution in [3.05, 3.63) is 69.8 Å². The van der Waals surface area contributed by atoms with Gasteiger partial charge in [0.25, 0.3) is 0 Å². The first-order chi connectivity index (χ1) is 19.5. The smallest absolute Gasteiger partial charge is 0.193 e. The number of rotatable bonds is 16. The summed E-state index contributed by atoms with van der Waals surface area (Å²) in [6, 6.07) is 11.7. The zero-order valence-corrected chi connectivity index (χ0v) is 28.0. The zero-order valence-electron chi connectivity index (χ0n) is 28.0. The molecule has 2 aromatic rings. The van der Waals surface area contributed by atoms with E-state index in [2.05, 4.69) is 0 Å². The quantitative estimate of drug-likeness (QED) is 0.144. The van der Waals surface area contributed by atoms with Crippen molar-refractivity contribution in [2.24, 2.45) is 0 Å². The number of carbonyl (C=O) groups is 1.